The van der Waals surface area contributed by atoms with Crippen LogP contribution in [0.2, 0.25) is 0 Å². The normalized spacial score (nSPS) is 15.2. The molecule has 1 aliphatic rings. The number of nitrogens with zero attached hydrogens (tertiary/aromatic N) is 1. The predicted octanol–water partition coefficient (Wildman–Crippen LogP) is 1.69. The zero-order chi connectivity index (χ0) is 18.6. The molecule has 1 fully saturated rings. The molecule has 0 unspecified atom stereocenters. The zero-order valence-electron chi connectivity index (χ0n) is 15.7. The number of carbonyl (C=O) groups excluding carboxylic acids is 1. The van der Waals surface area contributed by atoms with Crippen LogP contribution in [0.15, 0.2) is 29.3 Å². The van der Waals surface area contributed by atoms with Crippen LogP contribution >= 0.6 is 0 Å². The minimum Gasteiger partial charge on any atom is -0.497 e. The molecule has 0 bridgehead atoms. The van der Waals surface area contributed by atoms with Crippen LogP contribution in [-0.2, 0) is 4.79 Å². The number of methoxy groups -OCH3 is 1. The molecule has 0 spiro atoms. The van der Waals surface area contributed by atoms with Crippen LogP contribution in [-0.4, -0.2) is 51.8 Å². The van der Waals surface area contributed by atoms with E-state index < -0.39 is 0 Å². The molecule has 0 saturated heterocycles. The number of rotatable bonds is 8. The minimum absolute atomic E-state index is 0.00864. The maximum atomic E-state index is 12.0. The van der Waals surface area contributed by atoms with E-state index in [0.717, 1.165) is 24.3 Å². The van der Waals surface area contributed by atoms with Crippen LogP contribution < -0.4 is 25.4 Å². The second kappa shape index (κ2) is 11.2. The van der Waals surface area contributed by atoms with Crippen LogP contribution in [0.5, 0.6) is 11.5 Å². The first-order chi connectivity index (χ1) is 12.7. The van der Waals surface area contributed by atoms with Gasteiger partial charge in [0.15, 0.2) is 5.96 Å². The van der Waals surface area contributed by atoms with Gasteiger partial charge in [0.2, 0.25) is 5.91 Å². The number of hydrogen-bond donors (Lipinski definition) is 3. The number of benzene rings is 1. The quantitative estimate of drug-likeness (QED) is 0.372. The summed E-state index contributed by atoms with van der Waals surface area (Å²) in [4.78, 5) is 16.1. The topological polar surface area (TPSA) is 84.0 Å². The maximum absolute atomic E-state index is 12.0. The lowest BCUT2D eigenvalue weighted by Crippen LogP contribution is -2.46. The molecular weight excluding hydrogens is 332 g/mol. The van der Waals surface area contributed by atoms with E-state index in [0.29, 0.717) is 25.2 Å². The number of nitrogens with one attached hydrogen (secondary N) is 3. The fourth-order valence-corrected chi connectivity index (χ4v) is 2.92. The average Bonchev–Trinajstić information content (AvgIpc) is 2.68. The molecule has 3 N–H and O–H groups in total. The van der Waals surface area contributed by atoms with E-state index in [1.165, 1.54) is 19.3 Å². The van der Waals surface area contributed by atoms with E-state index in [1.54, 1.807) is 14.2 Å². The summed E-state index contributed by atoms with van der Waals surface area (Å²) in [5.41, 5.74) is 0. The summed E-state index contributed by atoms with van der Waals surface area (Å²) in [7, 11) is 3.31. The fraction of sp³-hybridized carbons (Fsp3) is 0.579. The van der Waals surface area contributed by atoms with Crippen LogP contribution in [0, 0.1) is 0 Å². The monoisotopic (exact) mass is 362 g/mol. The summed E-state index contributed by atoms with van der Waals surface area (Å²) < 4.78 is 10.8. The van der Waals surface area contributed by atoms with Gasteiger partial charge in [-0.25, -0.2) is 0 Å². The Morgan fingerprint density at radius 2 is 1.81 bits per heavy atom. The number of aliphatic imine (C=N–C) groups is 1. The van der Waals surface area contributed by atoms with E-state index in [1.807, 2.05) is 24.3 Å². The molecule has 7 nitrogen and oxygen atoms in total. The van der Waals surface area contributed by atoms with Crippen molar-refractivity contribution in [1.29, 1.82) is 0 Å². The Balaban J connectivity index is 1.60. The maximum Gasteiger partial charge on any atom is 0.239 e. The molecule has 2 rings (SSSR count). The third-order valence-electron chi connectivity index (χ3n) is 4.33. The molecule has 0 radical (unpaired) electrons. The first kappa shape index (κ1) is 19.9. The zero-order valence-corrected chi connectivity index (χ0v) is 15.7. The van der Waals surface area contributed by atoms with Gasteiger partial charge in [0.05, 0.1) is 20.2 Å². The van der Waals surface area contributed by atoms with Crippen molar-refractivity contribution in [2.45, 2.75) is 38.1 Å². The molecule has 1 aromatic rings. The number of amides is 1. The molecule has 1 aromatic carbocycles. The SMILES string of the molecule is CN=C(NCCOc1ccc(OC)cc1)NCC(=O)NC1CCCCC1. The predicted molar refractivity (Wildman–Crippen MR) is 103 cm³/mol. The highest BCUT2D eigenvalue weighted by atomic mass is 16.5. The van der Waals surface area contributed by atoms with Crippen molar-refractivity contribution < 1.29 is 14.3 Å². The molecule has 1 amide bonds. The third-order valence-corrected chi connectivity index (χ3v) is 4.33. The van der Waals surface area contributed by atoms with Gasteiger partial charge in [-0.3, -0.25) is 9.79 Å². The number of guanidine groups is 1. The first-order valence-corrected chi connectivity index (χ1v) is 9.22. The Kier molecular flexibility index (Phi) is 8.59. The molecule has 7 heteroatoms. The Morgan fingerprint density at radius 3 is 2.46 bits per heavy atom. The van der Waals surface area contributed by atoms with Gasteiger partial charge >= 0.3 is 0 Å². The summed E-state index contributed by atoms with van der Waals surface area (Å²) >= 11 is 0. The lowest BCUT2D eigenvalue weighted by atomic mass is 9.95. The fourth-order valence-electron chi connectivity index (χ4n) is 2.92. The van der Waals surface area contributed by atoms with Crippen molar-refractivity contribution in [2.75, 3.05) is 33.9 Å². The van der Waals surface area contributed by atoms with Gasteiger partial charge < -0.3 is 25.4 Å². The molecule has 0 atom stereocenters. The van der Waals surface area contributed by atoms with E-state index >= 15 is 0 Å². The van der Waals surface area contributed by atoms with Gasteiger partial charge in [-0.2, -0.15) is 0 Å². The number of hydrogen-bond acceptors (Lipinski definition) is 4. The Hall–Kier alpha value is -2.44. The third kappa shape index (κ3) is 7.21. The first-order valence-electron chi connectivity index (χ1n) is 9.22. The van der Waals surface area contributed by atoms with Crippen molar-refractivity contribution in [3.05, 3.63) is 24.3 Å². The Morgan fingerprint density at radius 1 is 1.12 bits per heavy atom. The van der Waals surface area contributed by atoms with Crippen LogP contribution in [0.25, 0.3) is 0 Å². The van der Waals surface area contributed by atoms with Gasteiger partial charge in [0, 0.05) is 13.1 Å². The van der Waals surface area contributed by atoms with Gasteiger partial charge in [0.1, 0.15) is 18.1 Å². The second-order valence-electron chi connectivity index (χ2n) is 6.28. The van der Waals surface area contributed by atoms with E-state index in [2.05, 4.69) is 20.9 Å². The highest BCUT2D eigenvalue weighted by Crippen LogP contribution is 2.17. The molecule has 0 aromatic heterocycles. The van der Waals surface area contributed by atoms with Crippen LogP contribution in [0.4, 0.5) is 0 Å². The van der Waals surface area contributed by atoms with Gasteiger partial charge in [0.25, 0.3) is 0 Å². The number of carbonyl (C=O) groups is 1. The van der Waals surface area contributed by atoms with E-state index in [4.69, 9.17) is 9.47 Å². The van der Waals surface area contributed by atoms with Crippen molar-refractivity contribution in [3.8, 4) is 11.5 Å². The van der Waals surface area contributed by atoms with Crippen molar-refractivity contribution in [3.63, 3.8) is 0 Å². The van der Waals surface area contributed by atoms with Crippen molar-refractivity contribution >= 4 is 11.9 Å². The second-order valence-corrected chi connectivity index (χ2v) is 6.28. The molecule has 26 heavy (non-hydrogen) atoms. The summed E-state index contributed by atoms with van der Waals surface area (Å²) in [6.45, 7) is 1.28. The highest BCUT2D eigenvalue weighted by Gasteiger charge is 2.15. The largest absolute Gasteiger partial charge is 0.497 e. The van der Waals surface area contributed by atoms with Gasteiger partial charge in [-0.05, 0) is 37.1 Å². The Labute approximate surface area is 155 Å². The summed E-state index contributed by atoms with van der Waals surface area (Å²) in [6, 6.07) is 7.76. The average molecular weight is 362 g/mol. The molecule has 144 valence electrons. The standard InChI is InChI=1S/C19H30N4O3/c1-20-19(22-14-18(24)23-15-6-4-3-5-7-15)21-12-13-26-17-10-8-16(25-2)9-11-17/h8-11,15H,3-7,12-14H2,1-2H3,(H,23,24)(H2,20,21,22). The van der Waals surface area contributed by atoms with Crippen LogP contribution in [0.3, 0.4) is 0 Å². The summed E-state index contributed by atoms with van der Waals surface area (Å²) in [6.07, 6.45) is 5.86. The molecule has 1 aliphatic carbocycles. The molecule has 0 heterocycles. The lowest BCUT2D eigenvalue weighted by molar-refractivity contribution is -0.120. The minimum atomic E-state index is 0.00864. The summed E-state index contributed by atoms with van der Waals surface area (Å²) in [5.74, 6) is 2.17. The molecular formula is C19H30N4O3. The van der Waals surface area contributed by atoms with Gasteiger partial charge in [-0.15, -0.1) is 0 Å². The molecule has 0 aliphatic heterocycles. The van der Waals surface area contributed by atoms with E-state index in [-0.39, 0.29) is 12.5 Å². The number of ether oxygens (including phenoxy) is 2. The van der Waals surface area contributed by atoms with Crippen molar-refractivity contribution in [2.24, 2.45) is 4.99 Å². The molecule has 1 saturated carbocycles. The lowest BCUT2D eigenvalue weighted by Gasteiger charge is -2.23. The Bertz CT molecular complexity index is 569. The van der Waals surface area contributed by atoms with Crippen molar-refractivity contribution in [1.82, 2.24) is 16.0 Å². The highest BCUT2D eigenvalue weighted by molar-refractivity contribution is 5.86. The van der Waals surface area contributed by atoms with Crippen LogP contribution in [0.1, 0.15) is 32.1 Å². The summed E-state index contributed by atoms with van der Waals surface area (Å²) in [5, 5.41) is 9.23. The van der Waals surface area contributed by atoms with Gasteiger partial charge in [-0.1, -0.05) is 19.3 Å². The van der Waals surface area contributed by atoms with E-state index in [9.17, 15) is 4.79 Å². The smallest absolute Gasteiger partial charge is 0.239 e.